The van der Waals surface area contributed by atoms with E-state index in [4.69, 9.17) is 9.47 Å². The highest BCUT2D eigenvalue weighted by atomic mass is 79.9. The number of hydrogen-bond donors (Lipinski definition) is 2. The smallest absolute Gasteiger partial charge is 0.200 e. The lowest BCUT2D eigenvalue weighted by Gasteiger charge is -2.39. The molecule has 0 spiro atoms. The van der Waals surface area contributed by atoms with Crippen molar-refractivity contribution in [3.05, 3.63) is 87.9 Å². The van der Waals surface area contributed by atoms with Crippen LogP contribution in [0, 0.1) is 0 Å². The SMILES string of the molecule is CCOc1cc(O)cc2c1[C@]1(O)C(=O)C[C@@H](c3ccccc3)[C@]1(c1ccc(Br)cc1)O2. The summed E-state index contributed by atoms with van der Waals surface area (Å²) < 4.78 is 13.1. The maximum absolute atomic E-state index is 13.6. The molecular formula is C25H21BrO5. The molecule has 1 aliphatic heterocycles. The summed E-state index contributed by atoms with van der Waals surface area (Å²) in [4.78, 5) is 13.6. The molecule has 3 atom stereocenters. The largest absolute Gasteiger partial charge is 0.508 e. The first-order valence-corrected chi connectivity index (χ1v) is 11.0. The van der Waals surface area contributed by atoms with E-state index < -0.39 is 17.1 Å². The van der Waals surface area contributed by atoms with Crippen molar-refractivity contribution < 1.29 is 24.5 Å². The van der Waals surface area contributed by atoms with Crippen LogP contribution in [0.15, 0.2) is 71.2 Å². The van der Waals surface area contributed by atoms with Crippen LogP contribution in [0.3, 0.4) is 0 Å². The molecule has 2 aliphatic rings. The van der Waals surface area contributed by atoms with E-state index in [0.717, 1.165) is 10.0 Å². The maximum Gasteiger partial charge on any atom is 0.200 e. The third-order valence-corrected chi connectivity index (χ3v) is 6.81. The number of fused-ring (bicyclic) bond motifs is 3. The first-order chi connectivity index (χ1) is 14.9. The van der Waals surface area contributed by atoms with Crippen molar-refractivity contribution in [2.24, 2.45) is 0 Å². The molecule has 3 aromatic rings. The van der Waals surface area contributed by atoms with Gasteiger partial charge in [0.05, 0.1) is 12.2 Å². The van der Waals surface area contributed by atoms with Gasteiger partial charge < -0.3 is 19.7 Å². The summed E-state index contributed by atoms with van der Waals surface area (Å²) in [5, 5.41) is 22.5. The molecule has 0 unspecified atom stereocenters. The van der Waals surface area contributed by atoms with E-state index in [0.29, 0.717) is 12.2 Å². The number of aliphatic hydroxyl groups is 1. The summed E-state index contributed by atoms with van der Waals surface area (Å²) in [6, 6.07) is 19.9. The van der Waals surface area contributed by atoms with Gasteiger partial charge in [-0.1, -0.05) is 58.4 Å². The van der Waals surface area contributed by atoms with Gasteiger partial charge in [-0.2, -0.15) is 0 Å². The Labute approximate surface area is 188 Å². The quantitative estimate of drug-likeness (QED) is 0.561. The lowest BCUT2D eigenvalue weighted by Crippen LogP contribution is -2.50. The predicted octanol–water partition coefficient (Wildman–Crippen LogP) is 4.79. The summed E-state index contributed by atoms with van der Waals surface area (Å²) in [7, 11) is 0. The van der Waals surface area contributed by atoms with Crippen LogP contribution in [0.1, 0.15) is 36.0 Å². The Morgan fingerprint density at radius 1 is 1.13 bits per heavy atom. The van der Waals surface area contributed by atoms with Crippen molar-refractivity contribution in [1.82, 2.24) is 0 Å². The number of rotatable bonds is 4. The molecule has 6 heteroatoms. The number of ether oxygens (including phenoxy) is 2. The lowest BCUT2D eigenvalue weighted by molar-refractivity contribution is -0.151. The molecule has 0 radical (unpaired) electrons. The summed E-state index contributed by atoms with van der Waals surface area (Å²) in [6.45, 7) is 2.12. The van der Waals surface area contributed by atoms with E-state index >= 15 is 0 Å². The van der Waals surface area contributed by atoms with Crippen molar-refractivity contribution in [3.8, 4) is 17.2 Å². The topological polar surface area (TPSA) is 76.0 Å². The molecule has 0 bridgehead atoms. The van der Waals surface area contributed by atoms with Crippen molar-refractivity contribution in [2.75, 3.05) is 6.61 Å². The molecule has 31 heavy (non-hydrogen) atoms. The standard InChI is InChI=1S/C25H21BrO5/c1-2-30-20-12-18(27)13-21-23(20)24(29)22(28)14-19(15-6-4-3-5-7-15)25(24,31-21)16-8-10-17(26)11-9-16/h3-13,19,27,29H,2,14H2,1H3/t19-,24+,25-/m0/s1. The summed E-state index contributed by atoms with van der Waals surface area (Å²) in [5.74, 6) is -0.324. The monoisotopic (exact) mass is 480 g/mol. The first-order valence-electron chi connectivity index (χ1n) is 10.2. The molecule has 158 valence electrons. The van der Waals surface area contributed by atoms with E-state index in [-0.39, 0.29) is 35.0 Å². The number of phenols is 1. The minimum atomic E-state index is -1.96. The van der Waals surface area contributed by atoms with Gasteiger partial charge in [-0.25, -0.2) is 0 Å². The molecule has 1 heterocycles. The molecule has 5 nitrogen and oxygen atoms in total. The zero-order chi connectivity index (χ0) is 21.8. The second-order valence-corrected chi connectivity index (χ2v) is 8.81. The van der Waals surface area contributed by atoms with Crippen LogP contribution in [0.5, 0.6) is 17.2 Å². The van der Waals surface area contributed by atoms with Gasteiger partial charge in [0, 0.05) is 28.9 Å². The molecule has 5 rings (SSSR count). The fraction of sp³-hybridized carbons (Fsp3) is 0.240. The minimum absolute atomic E-state index is 0.0551. The Kier molecular flexibility index (Phi) is 4.61. The Bertz CT molecular complexity index is 1160. The Hall–Kier alpha value is -2.83. The molecule has 0 saturated heterocycles. The van der Waals surface area contributed by atoms with Gasteiger partial charge in [-0.15, -0.1) is 0 Å². The fourth-order valence-electron chi connectivity index (χ4n) is 5.07. The summed E-state index contributed by atoms with van der Waals surface area (Å²) >= 11 is 3.46. The van der Waals surface area contributed by atoms with E-state index in [2.05, 4.69) is 15.9 Å². The second kappa shape index (κ2) is 7.11. The second-order valence-electron chi connectivity index (χ2n) is 7.90. The van der Waals surface area contributed by atoms with E-state index in [1.165, 1.54) is 12.1 Å². The van der Waals surface area contributed by atoms with Crippen LogP contribution in [-0.2, 0) is 16.0 Å². The summed E-state index contributed by atoms with van der Waals surface area (Å²) in [6.07, 6.45) is 0.114. The predicted molar refractivity (Wildman–Crippen MR) is 118 cm³/mol. The molecule has 3 aromatic carbocycles. The molecule has 0 aromatic heterocycles. The van der Waals surface area contributed by atoms with Crippen LogP contribution >= 0.6 is 15.9 Å². The third-order valence-electron chi connectivity index (χ3n) is 6.28. The highest BCUT2D eigenvalue weighted by Crippen LogP contribution is 2.67. The van der Waals surface area contributed by atoms with Gasteiger partial charge in [0.2, 0.25) is 0 Å². The van der Waals surface area contributed by atoms with Crippen LogP contribution in [0.4, 0.5) is 0 Å². The van der Waals surface area contributed by atoms with Gasteiger partial charge >= 0.3 is 0 Å². The highest BCUT2D eigenvalue weighted by molar-refractivity contribution is 9.10. The van der Waals surface area contributed by atoms with E-state index in [1.807, 2.05) is 61.5 Å². The number of halogens is 1. The first kappa shape index (κ1) is 20.1. The van der Waals surface area contributed by atoms with Crippen molar-refractivity contribution in [1.29, 1.82) is 0 Å². The van der Waals surface area contributed by atoms with Crippen LogP contribution in [-0.4, -0.2) is 22.6 Å². The van der Waals surface area contributed by atoms with Gasteiger partial charge in [-0.3, -0.25) is 4.79 Å². The molecule has 1 fully saturated rings. The van der Waals surface area contributed by atoms with Gasteiger partial charge in [0.15, 0.2) is 17.0 Å². The minimum Gasteiger partial charge on any atom is -0.508 e. The number of benzene rings is 3. The molecule has 2 N–H and O–H groups in total. The van der Waals surface area contributed by atoms with Crippen LogP contribution in [0.2, 0.25) is 0 Å². The Morgan fingerprint density at radius 2 is 1.84 bits per heavy atom. The van der Waals surface area contributed by atoms with E-state index in [1.54, 1.807) is 0 Å². The lowest BCUT2D eigenvalue weighted by atomic mass is 9.71. The normalized spacial score (nSPS) is 26.3. The third kappa shape index (κ3) is 2.68. The van der Waals surface area contributed by atoms with Crippen molar-refractivity contribution in [3.63, 3.8) is 0 Å². The van der Waals surface area contributed by atoms with Gasteiger partial charge in [-0.05, 0) is 30.2 Å². The molecular weight excluding hydrogens is 460 g/mol. The number of phenolic OH excluding ortho intramolecular Hbond substituents is 1. The maximum atomic E-state index is 13.6. The van der Waals surface area contributed by atoms with Gasteiger partial charge in [0.1, 0.15) is 17.2 Å². The number of Topliss-reactive ketones (excluding diaryl/α,β-unsaturated/α-hetero) is 1. The Balaban J connectivity index is 1.83. The molecule has 1 saturated carbocycles. The van der Waals surface area contributed by atoms with Gasteiger partial charge in [0.25, 0.3) is 0 Å². The molecule has 0 amide bonds. The van der Waals surface area contributed by atoms with Crippen molar-refractivity contribution in [2.45, 2.75) is 30.5 Å². The zero-order valence-electron chi connectivity index (χ0n) is 16.8. The number of ketones is 1. The fourth-order valence-corrected chi connectivity index (χ4v) is 5.33. The summed E-state index contributed by atoms with van der Waals surface area (Å²) in [5.41, 5.74) is -1.51. The average molecular weight is 481 g/mol. The number of hydrogen-bond acceptors (Lipinski definition) is 5. The Morgan fingerprint density at radius 3 is 2.52 bits per heavy atom. The number of aromatic hydroxyl groups is 1. The molecule has 1 aliphatic carbocycles. The highest BCUT2D eigenvalue weighted by Gasteiger charge is 2.74. The van der Waals surface area contributed by atoms with Crippen molar-refractivity contribution >= 4 is 21.7 Å². The number of carbonyl (C=O) groups is 1. The average Bonchev–Trinajstić information content (AvgIpc) is 3.15. The zero-order valence-corrected chi connectivity index (χ0v) is 18.4. The number of carbonyl (C=O) groups excluding carboxylic acids is 1. The van der Waals surface area contributed by atoms with E-state index in [9.17, 15) is 15.0 Å². The van der Waals surface area contributed by atoms with Crippen LogP contribution in [0.25, 0.3) is 0 Å². The van der Waals surface area contributed by atoms with Crippen LogP contribution < -0.4 is 9.47 Å².